The van der Waals surface area contributed by atoms with Gasteiger partial charge >= 0.3 is 0 Å². The van der Waals surface area contributed by atoms with E-state index in [1.807, 2.05) is 18.2 Å². The molecule has 0 saturated carbocycles. The molecule has 0 spiro atoms. The molecule has 0 aromatic heterocycles. The monoisotopic (exact) mass is 442 g/mol. The summed E-state index contributed by atoms with van der Waals surface area (Å²) >= 11 is 0. The highest BCUT2D eigenvalue weighted by Gasteiger charge is 2.19. The number of fused-ring (bicyclic) bond motifs is 1. The van der Waals surface area contributed by atoms with Crippen LogP contribution in [0.25, 0.3) is 11.1 Å². The zero-order valence-corrected chi connectivity index (χ0v) is 19.9. The maximum Gasteiger partial charge on any atom is 0.221 e. The molecule has 0 bridgehead atoms. The summed E-state index contributed by atoms with van der Waals surface area (Å²) in [5.41, 5.74) is 7.07. The van der Waals surface area contributed by atoms with Crippen molar-refractivity contribution in [3.8, 4) is 16.9 Å². The van der Waals surface area contributed by atoms with E-state index in [-0.39, 0.29) is 5.91 Å². The van der Waals surface area contributed by atoms with Crippen LogP contribution >= 0.6 is 0 Å². The topological polar surface area (TPSA) is 41.6 Å². The van der Waals surface area contributed by atoms with Gasteiger partial charge in [-0.15, -0.1) is 0 Å². The molecule has 3 aromatic carbocycles. The van der Waals surface area contributed by atoms with Gasteiger partial charge in [0.05, 0.1) is 0 Å². The molecule has 0 fully saturated rings. The number of nitrogens with zero attached hydrogens (tertiary/aromatic N) is 1. The summed E-state index contributed by atoms with van der Waals surface area (Å²) in [5.74, 6) is 1.68. The highest BCUT2D eigenvalue weighted by Crippen LogP contribution is 2.31. The minimum atomic E-state index is -0.0639. The van der Waals surface area contributed by atoms with E-state index >= 15 is 0 Å². The molecule has 0 radical (unpaired) electrons. The van der Waals surface area contributed by atoms with E-state index in [0.29, 0.717) is 6.61 Å². The van der Waals surface area contributed by atoms with E-state index in [4.69, 9.17) is 4.74 Å². The van der Waals surface area contributed by atoms with Crippen molar-refractivity contribution in [2.75, 3.05) is 26.0 Å². The predicted molar refractivity (Wildman–Crippen MR) is 136 cm³/mol. The number of rotatable bonds is 8. The number of anilines is 1. The minimum absolute atomic E-state index is 0.0639. The summed E-state index contributed by atoms with van der Waals surface area (Å²) in [6.07, 6.45) is 4.89. The number of nitrogens with one attached hydrogen (secondary N) is 1. The molecular formula is C29H34N2O2. The second-order valence-electron chi connectivity index (χ2n) is 9.38. The molecule has 1 atom stereocenters. The van der Waals surface area contributed by atoms with Crippen molar-refractivity contribution >= 4 is 11.6 Å². The van der Waals surface area contributed by atoms with Crippen LogP contribution in [-0.4, -0.2) is 31.4 Å². The Bertz CT molecular complexity index is 1090. The lowest BCUT2D eigenvalue weighted by molar-refractivity contribution is -0.114. The van der Waals surface area contributed by atoms with Crippen LogP contribution in [-0.2, 0) is 24.2 Å². The third-order valence-electron chi connectivity index (χ3n) is 6.37. The predicted octanol–water partition coefficient (Wildman–Crippen LogP) is 5.95. The molecule has 1 unspecified atom stereocenters. The molecule has 33 heavy (non-hydrogen) atoms. The lowest BCUT2D eigenvalue weighted by Gasteiger charge is -2.26. The fraction of sp³-hybridized carbons (Fsp3) is 0.345. The standard InChI is InChI=1S/C29H34N2O2/c1-21(32)30-28-6-4-5-25(18-28)24-10-8-23(9-11-24)20-33-29-14-13-26-17-22(15-16-31(2)3)7-12-27(26)19-29/h4-6,8-11,13-14,18-19,22H,7,12,15-17,20H2,1-3H3,(H,30,32). The van der Waals surface area contributed by atoms with Crippen molar-refractivity contribution in [1.82, 2.24) is 4.90 Å². The van der Waals surface area contributed by atoms with Crippen LogP contribution in [0.5, 0.6) is 5.75 Å². The highest BCUT2D eigenvalue weighted by molar-refractivity contribution is 5.89. The Labute approximate surface area is 197 Å². The molecule has 4 heteroatoms. The van der Waals surface area contributed by atoms with Gasteiger partial charge in [0, 0.05) is 12.6 Å². The highest BCUT2D eigenvalue weighted by atomic mass is 16.5. The molecule has 4 nitrogen and oxygen atoms in total. The number of amides is 1. The second-order valence-corrected chi connectivity index (χ2v) is 9.38. The third-order valence-corrected chi connectivity index (χ3v) is 6.37. The number of carbonyl (C=O) groups is 1. The molecular weight excluding hydrogens is 408 g/mol. The molecule has 4 rings (SSSR count). The third kappa shape index (κ3) is 6.45. The van der Waals surface area contributed by atoms with Gasteiger partial charge in [-0.2, -0.15) is 0 Å². The van der Waals surface area contributed by atoms with E-state index in [1.54, 1.807) is 0 Å². The average molecular weight is 443 g/mol. The van der Waals surface area contributed by atoms with Gasteiger partial charge in [-0.25, -0.2) is 0 Å². The maximum absolute atomic E-state index is 11.3. The molecule has 172 valence electrons. The first kappa shape index (κ1) is 23.1. The normalized spacial score (nSPS) is 15.2. The van der Waals surface area contributed by atoms with E-state index in [0.717, 1.165) is 40.5 Å². The zero-order chi connectivity index (χ0) is 23.2. The molecule has 1 aliphatic rings. The van der Waals surface area contributed by atoms with Crippen LogP contribution in [0.2, 0.25) is 0 Å². The summed E-state index contributed by atoms with van der Waals surface area (Å²) < 4.78 is 6.12. The van der Waals surface area contributed by atoms with E-state index in [1.165, 1.54) is 43.9 Å². The van der Waals surface area contributed by atoms with Crippen molar-refractivity contribution in [3.05, 3.63) is 83.4 Å². The first-order chi connectivity index (χ1) is 16.0. The van der Waals surface area contributed by atoms with Gasteiger partial charge in [-0.05, 0) is 104 Å². The number of benzene rings is 3. The van der Waals surface area contributed by atoms with E-state index in [9.17, 15) is 4.79 Å². The smallest absolute Gasteiger partial charge is 0.221 e. The van der Waals surface area contributed by atoms with Crippen LogP contribution in [0.15, 0.2) is 66.7 Å². The molecule has 1 amide bonds. The van der Waals surface area contributed by atoms with Gasteiger partial charge < -0.3 is 15.0 Å². The Hall–Kier alpha value is -3.11. The second kappa shape index (κ2) is 10.7. The quantitative estimate of drug-likeness (QED) is 0.469. The lowest BCUT2D eigenvalue weighted by atomic mass is 9.82. The van der Waals surface area contributed by atoms with Gasteiger partial charge in [0.25, 0.3) is 0 Å². The minimum Gasteiger partial charge on any atom is -0.489 e. The van der Waals surface area contributed by atoms with Crippen LogP contribution in [0.1, 0.15) is 36.5 Å². The molecule has 3 aromatic rings. The van der Waals surface area contributed by atoms with Gasteiger partial charge in [-0.3, -0.25) is 4.79 Å². The van der Waals surface area contributed by atoms with Crippen LogP contribution < -0.4 is 10.1 Å². The summed E-state index contributed by atoms with van der Waals surface area (Å²) in [5, 5.41) is 2.84. The fourth-order valence-electron chi connectivity index (χ4n) is 4.52. The van der Waals surface area contributed by atoms with Crippen molar-refractivity contribution in [2.45, 2.75) is 39.2 Å². The fourth-order valence-corrected chi connectivity index (χ4v) is 4.52. The summed E-state index contributed by atoms with van der Waals surface area (Å²) in [4.78, 5) is 13.6. The Balaban J connectivity index is 1.34. The van der Waals surface area contributed by atoms with Gasteiger partial charge in [0.15, 0.2) is 0 Å². The average Bonchev–Trinajstić information content (AvgIpc) is 2.81. The Kier molecular flexibility index (Phi) is 7.46. The van der Waals surface area contributed by atoms with E-state index in [2.05, 4.69) is 72.8 Å². The number of ether oxygens (including phenoxy) is 1. The first-order valence-electron chi connectivity index (χ1n) is 11.8. The summed E-state index contributed by atoms with van der Waals surface area (Å²) in [6, 6.07) is 22.9. The van der Waals surface area contributed by atoms with Crippen molar-refractivity contribution in [1.29, 1.82) is 0 Å². The number of hydrogen-bond acceptors (Lipinski definition) is 3. The van der Waals surface area contributed by atoms with Crippen molar-refractivity contribution in [3.63, 3.8) is 0 Å². The number of carbonyl (C=O) groups excluding carboxylic acids is 1. The lowest BCUT2D eigenvalue weighted by Crippen LogP contribution is -2.21. The van der Waals surface area contributed by atoms with Gasteiger partial charge in [0.2, 0.25) is 5.91 Å². The maximum atomic E-state index is 11.3. The van der Waals surface area contributed by atoms with Crippen LogP contribution in [0.4, 0.5) is 5.69 Å². The van der Waals surface area contributed by atoms with Crippen LogP contribution in [0, 0.1) is 5.92 Å². The Morgan fingerprint density at radius 1 is 1.00 bits per heavy atom. The SMILES string of the molecule is CC(=O)Nc1cccc(-c2ccc(COc3ccc4c(c3)CCC(CCN(C)C)C4)cc2)c1. The molecule has 1 aliphatic carbocycles. The number of aryl methyl sites for hydroxylation is 1. The van der Waals surface area contributed by atoms with E-state index < -0.39 is 0 Å². The Morgan fingerprint density at radius 3 is 2.58 bits per heavy atom. The van der Waals surface area contributed by atoms with Gasteiger partial charge in [-0.1, -0.05) is 42.5 Å². The summed E-state index contributed by atoms with van der Waals surface area (Å²) in [7, 11) is 4.30. The molecule has 0 saturated heterocycles. The molecule has 1 N–H and O–H groups in total. The Morgan fingerprint density at radius 2 is 1.82 bits per heavy atom. The molecule has 0 aliphatic heterocycles. The zero-order valence-electron chi connectivity index (χ0n) is 19.9. The largest absolute Gasteiger partial charge is 0.489 e. The van der Waals surface area contributed by atoms with Crippen molar-refractivity contribution in [2.24, 2.45) is 5.92 Å². The number of hydrogen-bond donors (Lipinski definition) is 1. The van der Waals surface area contributed by atoms with Crippen LogP contribution in [0.3, 0.4) is 0 Å². The summed E-state index contributed by atoms with van der Waals surface area (Å²) in [6.45, 7) is 3.24. The van der Waals surface area contributed by atoms with Crippen molar-refractivity contribution < 1.29 is 9.53 Å². The van der Waals surface area contributed by atoms with Gasteiger partial charge in [0.1, 0.15) is 12.4 Å². The first-order valence-corrected chi connectivity index (χ1v) is 11.8. The molecule has 0 heterocycles.